The van der Waals surface area contributed by atoms with E-state index in [1.165, 1.54) is 0 Å². The second kappa shape index (κ2) is 4.74. The van der Waals surface area contributed by atoms with Crippen molar-refractivity contribution in [2.45, 2.75) is 13.1 Å². The molecule has 0 aliphatic rings. The van der Waals surface area contributed by atoms with Crippen molar-refractivity contribution in [2.75, 3.05) is 12.4 Å². The number of rotatable bonds is 4. The Morgan fingerprint density at radius 3 is 2.62 bits per heavy atom. The van der Waals surface area contributed by atoms with Crippen molar-refractivity contribution in [1.29, 1.82) is 0 Å². The van der Waals surface area contributed by atoms with Crippen LogP contribution in [0.2, 0.25) is 0 Å². The molecule has 2 rings (SSSR count). The monoisotopic (exact) mass is 221 g/mol. The molecule has 0 radical (unpaired) electrons. The van der Waals surface area contributed by atoms with Crippen LogP contribution in [0.5, 0.6) is 0 Å². The molecule has 0 amide bonds. The van der Waals surface area contributed by atoms with Crippen LogP contribution in [0.1, 0.15) is 17.3 Å². The molecule has 1 aromatic carbocycles. The smallest absolute Gasteiger partial charge is 0.258 e. The van der Waals surface area contributed by atoms with E-state index in [0.717, 1.165) is 11.3 Å². The fraction of sp³-hybridized carbons (Fsp3) is 0.273. The van der Waals surface area contributed by atoms with Gasteiger partial charge in [-0.1, -0.05) is 17.3 Å². The van der Waals surface area contributed by atoms with Crippen LogP contribution in [0.25, 0.3) is 0 Å². The van der Waals surface area contributed by atoms with Crippen molar-refractivity contribution in [3.05, 3.63) is 41.5 Å². The third kappa shape index (κ3) is 2.36. The van der Waals surface area contributed by atoms with Gasteiger partial charge in [-0.3, -0.25) is 0 Å². The van der Waals surface area contributed by atoms with Gasteiger partial charge in [0.1, 0.15) is 0 Å². The normalized spacial score (nSPS) is 10.4. The summed E-state index contributed by atoms with van der Waals surface area (Å²) >= 11 is 0. The van der Waals surface area contributed by atoms with Gasteiger partial charge in [-0.2, -0.15) is 4.98 Å². The van der Waals surface area contributed by atoms with Gasteiger partial charge < -0.3 is 9.84 Å². The van der Waals surface area contributed by atoms with Gasteiger partial charge in [0, 0.05) is 19.2 Å². The first-order chi connectivity index (χ1) is 7.81. The zero-order valence-electron chi connectivity index (χ0n) is 8.90. The highest BCUT2D eigenvalue weighted by atomic mass is 19.1. The average Bonchev–Trinajstić information content (AvgIpc) is 2.78. The molecule has 2 aromatic rings. The summed E-state index contributed by atoms with van der Waals surface area (Å²) in [5.74, 6) is 0.534. The second-order valence-corrected chi connectivity index (χ2v) is 3.36. The van der Waals surface area contributed by atoms with Crippen LogP contribution in [0.3, 0.4) is 0 Å². The molecule has 0 saturated heterocycles. The molecule has 84 valence electrons. The summed E-state index contributed by atoms with van der Waals surface area (Å²) in [6, 6.07) is 7.87. The summed E-state index contributed by atoms with van der Waals surface area (Å²) in [6.45, 7) is -0.717. The van der Waals surface area contributed by atoms with E-state index in [2.05, 4.69) is 20.0 Å². The van der Waals surface area contributed by atoms with Crippen molar-refractivity contribution in [3.63, 3.8) is 0 Å². The maximum absolute atomic E-state index is 12.2. The van der Waals surface area contributed by atoms with E-state index in [1.54, 1.807) is 0 Å². The van der Waals surface area contributed by atoms with Crippen molar-refractivity contribution in [1.82, 2.24) is 10.1 Å². The summed E-state index contributed by atoms with van der Waals surface area (Å²) in [5.41, 5.74) is 2.10. The molecule has 0 fully saturated rings. The van der Waals surface area contributed by atoms with Crippen LogP contribution >= 0.6 is 0 Å². The standard InChI is InChI=1S/C11H12FN3O/c1-13-9-4-2-8(3-5-9)6-10-14-11(7-12)16-15-10/h2-5,13H,6-7H2,1H3. The van der Waals surface area contributed by atoms with E-state index in [9.17, 15) is 4.39 Å². The van der Waals surface area contributed by atoms with E-state index < -0.39 is 6.67 Å². The molecule has 0 aliphatic carbocycles. The Morgan fingerprint density at radius 1 is 1.31 bits per heavy atom. The van der Waals surface area contributed by atoms with Gasteiger partial charge in [-0.05, 0) is 17.7 Å². The van der Waals surface area contributed by atoms with Crippen molar-refractivity contribution in [3.8, 4) is 0 Å². The average molecular weight is 221 g/mol. The third-order valence-electron chi connectivity index (χ3n) is 2.23. The maximum atomic E-state index is 12.2. The molecule has 1 heterocycles. The van der Waals surface area contributed by atoms with E-state index in [1.807, 2.05) is 31.3 Å². The van der Waals surface area contributed by atoms with Crippen molar-refractivity contribution < 1.29 is 8.91 Å². The van der Waals surface area contributed by atoms with Gasteiger partial charge in [0.2, 0.25) is 0 Å². The fourth-order valence-corrected chi connectivity index (χ4v) is 1.39. The number of hydrogen-bond acceptors (Lipinski definition) is 4. The maximum Gasteiger partial charge on any atom is 0.258 e. The highest BCUT2D eigenvalue weighted by Crippen LogP contribution is 2.11. The molecule has 1 aromatic heterocycles. The molecular formula is C11H12FN3O. The topological polar surface area (TPSA) is 51.0 Å². The Balaban J connectivity index is 2.08. The molecule has 0 spiro atoms. The van der Waals surface area contributed by atoms with E-state index in [0.29, 0.717) is 12.2 Å². The van der Waals surface area contributed by atoms with Gasteiger partial charge in [0.05, 0.1) is 0 Å². The number of halogens is 1. The van der Waals surface area contributed by atoms with Gasteiger partial charge in [0.25, 0.3) is 5.89 Å². The van der Waals surface area contributed by atoms with Gasteiger partial charge >= 0.3 is 0 Å². The Hall–Kier alpha value is -1.91. The number of benzene rings is 1. The van der Waals surface area contributed by atoms with Crippen LogP contribution in [0.15, 0.2) is 28.8 Å². The van der Waals surface area contributed by atoms with Gasteiger partial charge in [-0.25, -0.2) is 4.39 Å². The van der Waals surface area contributed by atoms with E-state index in [-0.39, 0.29) is 5.89 Å². The first-order valence-corrected chi connectivity index (χ1v) is 4.96. The van der Waals surface area contributed by atoms with Crippen LogP contribution < -0.4 is 5.32 Å². The number of aromatic nitrogens is 2. The van der Waals surface area contributed by atoms with E-state index >= 15 is 0 Å². The molecule has 0 bridgehead atoms. The lowest BCUT2D eigenvalue weighted by molar-refractivity contribution is 0.320. The summed E-state index contributed by atoms with van der Waals surface area (Å²) in [5, 5.41) is 6.72. The summed E-state index contributed by atoms with van der Waals surface area (Å²) < 4.78 is 16.9. The van der Waals surface area contributed by atoms with Gasteiger partial charge in [0.15, 0.2) is 12.5 Å². The predicted molar refractivity (Wildman–Crippen MR) is 57.9 cm³/mol. The predicted octanol–water partition coefficient (Wildman–Crippen LogP) is 2.17. The number of nitrogens with zero attached hydrogens (tertiary/aromatic N) is 2. The molecular weight excluding hydrogens is 209 g/mol. The number of alkyl halides is 1. The molecule has 5 heteroatoms. The third-order valence-corrected chi connectivity index (χ3v) is 2.23. The Kier molecular flexibility index (Phi) is 3.14. The molecule has 0 unspecified atom stereocenters. The second-order valence-electron chi connectivity index (χ2n) is 3.36. The Labute approximate surface area is 92.5 Å². The van der Waals surface area contributed by atoms with Crippen molar-refractivity contribution in [2.24, 2.45) is 0 Å². The summed E-state index contributed by atoms with van der Waals surface area (Å²) in [6.07, 6.45) is 0.549. The number of hydrogen-bond donors (Lipinski definition) is 1. The molecule has 0 saturated carbocycles. The molecule has 4 nitrogen and oxygen atoms in total. The summed E-state index contributed by atoms with van der Waals surface area (Å²) in [4.78, 5) is 3.90. The first kappa shape index (κ1) is 10.6. The number of nitrogens with one attached hydrogen (secondary N) is 1. The molecule has 1 N–H and O–H groups in total. The summed E-state index contributed by atoms with van der Waals surface area (Å²) in [7, 11) is 1.86. The minimum Gasteiger partial charge on any atom is -0.388 e. The first-order valence-electron chi connectivity index (χ1n) is 4.96. The zero-order valence-corrected chi connectivity index (χ0v) is 8.90. The zero-order chi connectivity index (χ0) is 11.4. The lowest BCUT2D eigenvalue weighted by Crippen LogP contribution is -1.92. The quantitative estimate of drug-likeness (QED) is 0.859. The molecule has 16 heavy (non-hydrogen) atoms. The Bertz CT molecular complexity index is 453. The largest absolute Gasteiger partial charge is 0.388 e. The van der Waals surface area contributed by atoms with E-state index in [4.69, 9.17) is 0 Å². The number of anilines is 1. The highest BCUT2D eigenvalue weighted by Gasteiger charge is 2.06. The SMILES string of the molecule is CNc1ccc(Cc2noc(CF)n2)cc1. The van der Waals surface area contributed by atoms with Gasteiger partial charge in [-0.15, -0.1) is 0 Å². The minimum absolute atomic E-state index is 0.0295. The van der Waals surface area contributed by atoms with Crippen molar-refractivity contribution >= 4 is 5.69 Å². The Morgan fingerprint density at radius 2 is 2.06 bits per heavy atom. The van der Waals surface area contributed by atoms with Crippen LogP contribution in [0, 0.1) is 0 Å². The lowest BCUT2D eigenvalue weighted by atomic mass is 10.1. The minimum atomic E-state index is -0.717. The highest BCUT2D eigenvalue weighted by molar-refractivity contribution is 5.44. The van der Waals surface area contributed by atoms with Crippen LogP contribution in [0.4, 0.5) is 10.1 Å². The molecule has 0 aliphatic heterocycles. The van der Waals surface area contributed by atoms with Crippen LogP contribution in [-0.4, -0.2) is 17.2 Å². The lowest BCUT2D eigenvalue weighted by Gasteiger charge is -2.00. The molecule has 0 atom stereocenters. The fourth-order valence-electron chi connectivity index (χ4n) is 1.39. The van der Waals surface area contributed by atoms with Crippen LogP contribution in [-0.2, 0) is 13.1 Å².